The monoisotopic (exact) mass is 367 g/mol. The van der Waals surface area contributed by atoms with Gasteiger partial charge in [-0.2, -0.15) is 0 Å². The summed E-state index contributed by atoms with van der Waals surface area (Å²) in [6, 6.07) is 12.6. The topological polar surface area (TPSA) is 67.1 Å². The van der Waals surface area contributed by atoms with Crippen molar-refractivity contribution >= 4 is 44.9 Å². The predicted octanol–water partition coefficient (Wildman–Crippen LogP) is 4.05. The van der Waals surface area contributed by atoms with Gasteiger partial charge < -0.3 is 16.4 Å². The number of carbonyl (C=O) groups excluding carboxylic acids is 1. The maximum atomic E-state index is 11.8. The third kappa shape index (κ3) is 4.65. The van der Waals surface area contributed by atoms with Crippen molar-refractivity contribution in [3.8, 4) is 0 Å². The van der Waals surface area contributed by atoms with E-state index < -0.39 is 0 Å². The van der Waals surface area contributed by atoms with Gasteiger partial charge >= 0.3 is 6.03 Å². The molecule has 2 aromatic carbocycles. The molecule has 2 aromatic rings. The molecule has 4 nitrogen and oxygen atoms in total. The van der Waals surface area contributed by atoms with E-state index in [1.807, 2.05) is 24.3 Å². The lowest BCUT2D eigenvalue weighted by atomic mass is 10.1. The molecule has 2 rings (SSSR count). The van der Waals surface area contributed by atoms with Gasteiger partial charge in [0.05, 0.1) is 10.7 Å². The quantitative estimate of drug-likeness (QED) is 0.713. The molecule has 0 fully saturated rings. The van der Waals surface area contributed by atoms with Gasteiger partial charge in [0.15, 0.2) is 0 Å². The molecular formula is C15H15BrClN3O. The average Bonchev–Trinajstić information content (AvgIpc) is 2.45. The largest absolute Gasteiger partial charge is 0.398 e. The molecule has 4 N–H and O–H groups in total. The van der Waals surface area contributed by atoms with Crippen LogP contribution in [-0.4, -0.2) is 12.6 Å². The van der Waals surface area contributed by atoms with Crippen molar-refractivity contribution in [2.75, 3.05) is 17.6 Å². The summed E-state index contributed by atoms with van der Waals surface area (Å²) in [5.74, 6) is 0. The Morgan fingerprint density at radius 1 is 1.24 bits per heavy atom. The van der Waals surface area contributed by atoms with Crippen LogP contribution in [0.5, 0.6) is 0 Å². The van der Waals surface area contributed by atoms with E-state index >= 15 is 0 Å². The van der Waals surface area contributed by atoms with Crippen LogP contribution in [0.2, 0.25) is 5.02 Å². The van der Waals surface area contributed by atoms with Gasteiger partial charge in [-0.1, -0.05) is 45.7 Å². The van der Waals surface area contributed by atoms with Crippen LogP contribution in [0.15, 0.2) is 46.9 Å². The Morgan fingerprint density at radius 3 is 2.71 bits per heavy atom. The summed E-state index contributed by atoms with van der Waals surface area (Å²) in [4.78, 5) is 11.8. The third-order valence-electron chi connectivity index (χ3n) is 2.90. The van der Waals surface area contributed by atoms with Gasteiger partial charge in [0.1, 0.15) is 0 Å². The van der Waals surface area contributed by atoms with Crippen molar-refractivity contribution in [3.05, 3.63) is 57.5 Å². The summed E-state index contributed by atoms with van der Waals surface area (Å²) >= 11 is 9.37. The maximum absolute atomic E-state index is 11.8. The molecule has 0 atom stereocenters. The van der Waals surface area contributed by atoms with Crippen molar-refractivity contribution in [2.24, 2.45) is 0 Å². The highest BCUT2D eigenvalue weighted by atomic mass is 79.9. The lowest BCUT2D eigenvalue weighted by molar-refractivity contribution is 0.252. The number of rotatable bonds is 4. The molecule has 0 radical (unpaired) electrons. The number of urea groups is 1. The summed E-state index contributed by atoms with van der Waals surface area (Å²) in [7, 11) is 0. The molecule has 0 spiro atoms. The van der Waals surface area contributed by atoms with E-state index in [0.29, 0.717) is 22.9 Å². The lowest BCUT2D eigenvalue weighted by Crippen LogP contribution is -2.30. The fourth-order valence-corrected chi connectivity index (χ4v) is 2.46. The Balaban J connectivity index is 1.82. The first-order valence-electron chi connectivity index (χ1n) is 6.39. The highest BCUT2D eigenvalue weighted by Gasteiger charge is 2.04. The van der Waals surface area contributed by atoms with Crippen LogP contribution >= 0.6 is 27.5 Å². The van der Waals surface area contributed by atoms with Gasteiger partial charge in [-0.25, -0.2) is 4.79 Å². The minimum Gasteiger partial charge on any atom is -0.398 e. The zero-order valence-electron chi connectivity index (χ0n) is 11.2. The van der Waals surface area contributed by atoms with Crippen LogP contribution in [-0.2, 0) is 6.42 Å². The van der Waals surface area contributed by atoms with Gasteiger partial charge in [0.2, 0.25) is 0 Å². The van der Waals surface area contributed by atoms with Gasteiger partial charge in [-0.3, -0.25) is 0 Å². The molecule has 6 heteroatoms. The van der Waals surface area contributed by atoms with Gasteiger partial charge in [-0.05, 0) is 36.2 Å². The molecule has 0 unspecified atom stereocenters. The second kappa shape index (κ2) is 7.33. The van der Waals surface area contributed by atoms with Gasteiger partial charge in [-0.15, -0.1) is 0 Å². The Bertz CT molecular complexity index is 649. The Morgan fingerprint density at radius 2 is 2.00 bits per heavy atom. The number of amides is 2. The average molecular weight is 369 g/mol. The van der Waals surface area contributed by atoms with E-state index in [4.69, 9.17) is 17.3 Å². The first-order valence-corrected chi connectivity index (χ1v) is 7.56. The number of hydrogen-bond acceptors (Lipinski definition) is 2. The van der Waals surface area contributed by atoms with Crippen molar-refractivity contribution in [1.29, 1.82) is 0 Å². The number of nitrogens with two attached hydrogens (primary N) is 1. The SMILES string of the molecule is Nc1ccc(NC(=O)NCCc2ccccc2Br)cc1Cl. The van der Waals surface area contributed by atoms with Gasteiger partial charge in [0.25, 0.3) is 0 Å². The standard InChI is InChI=1S/C15H15BrClN3O/c16-12-4-2-1-3-10(12)7-8-19-15(21)20-11-5-6-14(18)13(17)9-11/h1-6,9H,7-8,18H2,(H2,19,20,21). The molecule has 0 bridgehead atoms. The number of benzene rings is 2. The Kier molecular flexibility index (Phi) is 5.47. The second-order valence-electron chi connectivity index (χ2n) is 4.46. The smallest absolute Gasteiger partial charge is 0.319 e. The maximum Gasteiger partial charge on any atom is 0.319 e. The molecule has 0 aromatic heterocycles. The van der Waals surface area contributed by atoms with E-state index in [1.165, 1.54) is 0 Å². The molecule has 0 aliphatic heterocycles. The van der Waals surface area contributed by atoms with Crippen LogP contribution in [0.25, 0.3) is 0 Å². The van der Waals surface area contributed by atoms with E-state index in [1.54, 1.807) is 18.2 Å². The summed E-state index contributed by atoms with van der Waals surface area (Å²) in [6.07, 6.45) is 0.747. The number of anilines is 2. The van der Waals surface area contributed by atoms with E-state index in [9.17, 15) is 4.79 Å². The molecular weight excluding hydrogens is 354 g/mol. The van der Waals surface area contributed by atoms with Gasteiger partial charge in [0, 0.05) is 16.7 Å². The highest BCUT2D eigenvalue weighted by molar-refractivity contribution is 9.10. The zero-order chi connectivity index (χ0) is 15.2. The number of carbonyl (C=O) groups is 1. The van der Waals surface area contributed by atoms with Crippen molar-refractivity contribution < 1.29 is 4.79 Å². The number of hydrogen-bond donors (Lipinski definition) is 3. The molecule has 110 valence electrons. The molecule has 0 saturated carbocycles. The van der Waals surface area contributed by atoms with E-state index in [2.05, 4.69) is 26.6 Å². The molecule has 2 amide bonds. The highest BCUT2D eigenvalue weighted by Crippen LogP contribution is 2.22. The molecule has 21 heavy (non-hydrogen) atoms. The Labute approximate surface area is 136 Å². The fraction of sp³-hybridized carbons (Fsp3) is 0.133. The first kappa shape index (κ1) is 15.7. The number of halogens is 2. The molecule has 0 aliphatic carbocycles. The van der Waals surface area contributed by atoms with Crippen LogP contribution in [0.4, 0.5) is 16.2 Å². The molecule has 0 aliphatic rings. The van der Waals surface area contributed by atoms with Crippen molar-refractivity contribution in [1.82, 2.24) is 5.32 Å². The fourth-order valence-electron chi connectivity index (χ4n) is 1.79. The minimum absolute atomic E-state index is 0.275. The minimum atomic E-state index is -0.275. The summed E-state index contributed by atoms with van der Waals surface area (Å²) in [5, 5.41) is 5.92. The summed E-state index contributed by atoms with van der Waals surface area (Å²) in [5.41, 5.74) is 7.85. The normalized spacial score (nSPS) is 10.2. The van der Waals surface area contributed by atoms with Crippen LogP contribution in [0.3, 0.4) is 0 Å². The number of nitrogen functional groups attached to an aromatic ring is 1. The molecule has 0 saturated heterocycles. The van der Waals surface area contributed by atoms with E-state index in [-0.39, 0.29) is 6.03 Å². The predicted molar refractivity (Wildman–Crippen MR) is 90.7 cm³/mol. The third-order valence-corrected chi connectivity index (χ3v) is 4.00. The second-order valence-corrected chi connectivity index (χ2v) is 5.72. The van der Waals surface area contributed by atoms with Crippen molar-refractivity contribution in [2.45, 2.75) is 6.42 Å². The molecule has 0 heterocycles. The summed E-state index contributed by atoms with van der Waals surface area (Å²) < 4.78 is 1.04. The van der Waals surface area contributed by atoms with Crippen LogP contribution in [0, 0.1) is 0 Å². The van der Waals surface area contributed by atoms with E-state index in [0.717, 1.165) is 16.5 Å². The number of nitrogens with one attached hydrogen (secondary N) is 2. The zero-order valence-corrected chi connectivity index (χ0v) is 13.5. The summed E-state index contributed by atoms with van der Waals surface area (Å²) in [6.45, 7) is 0.539. The van der Waals surface area contributed by atoms with Crippen LogP contribution < -0.4 is 16.4 Å². The van der Waals surface area contributed by atoms with Crippen LogP contribution in [0.1, 0.15) is 5.56 Å². The first-order chi connectivity index (χ1) is 10.1. The Hall–Kier alpha value is -1.72. The van der Waals surface area contributed by atoms with Crippen molar-refractivity contribution in [3.63, 3.8) is 0 Å². The lowest BCUT2D eigenvalue weighted by Gasteiger charge is -2.09.